The van der Waals surface area contributed by atoms with Crippen LogP contribution in [0.1, 0.15) is 28.2 Å². The van der Waals surface area contributed by atoms with Crippen LogP contribution in [0.15, 0.2) is 79.1 Å². The van der Waals surface area contributed by atoms with E-state index in [2.05, 4.69) is 64.8 Å². The third-order valence-corrected chi connectivity index (χ3v) is 5.36. The number of benzene rings is 3. The molecule has 0 aliphatic carbocycles. The highest BCUT2D eigenvalue weighted by Gasteiger charge is 2.25. The molecule has 0 amide bonds. The van der Waals surface area contributed by atoms with E-state index in [1.165, 1.54) is 10.8 Å². The average Bonchev–Trinajstić information content (AvgIpc) is 3.29. The van der Waals surface area contributed by atoms with Crippen molar-refractivity contribution >= 4 is 21.8 Å². The van der Waals surface area contributed by atoms with E-state index in [4.69, 9.17) is 0 Å². The van der Waals surface area contributed by atoms with Crippen molar-refractivity contribution in [2.24, 2.45) is 0 Å². The number of phenols is 1. The first-order valence-electron chi connectivity index (χ1n) is 9.14. The second-order valence-corrected chi connectivity index (χ2v) is 7.07. The molecule has 27 heavy (non-hydrogen) atoms. The van der Waals surface area contributed by atoms with E-state index in [0.717, 1.165) is 33.3 Å². The maximum atomic E-state index is 10.8. The van der Waals surface area contributed by atoms with Crippen LogP contribution < -0.4 is 0 Å². The molecule has 5 aromatic rings. The quantitative estimate of drug-likeness (QED) is 0.375. The van der Waals surface area contributed by atoms with Crippen molar-refractivity contribution in [2.45, 2.75) is 12.8 Å². The molecule has 2 aromatic heterocycles. The summed E-state index contributed by atoms with van der Waals surface area (Å²) in [6.07, 6.45) is 4.13. The number of phenolic OH excluding ortho intramolecular Hbond substituents is 1. The molecule has 5 rings (SSSR count). The van der Waals surface area contributed by atoms with Gasteiger partial charge in [0.05, 0.1) is 0 Å². The maximum Gasteiger partial charge on any atom is 0.119 e. The summed E-state index contributed by atoms with van der Waals surface area (Å²) in [5, 5.41) is 13.1. The number of H-pyrrole nitrogens is 2. The predicted octanol–water partition coefficient (Wildman–Crippen LogP) is 5.84. The Morgan fingerprint density at radius 1 is 0.704 bits per heavy atom. The van der Waals surface area contributed by atoms with E-state index in [-0.39, 0.29) is 5.92 Å². The van der Waals surface area contributed by atoms with Gasteiger partial charge >= 0.3 is 0 Å². The molecule has 3 heteroatoms. The first-order valence-corrected chi connectivity index (χ1v) is 9.14. The molecule has 2 heterocycles. The molecule has 0 bridgehead atoms. The highest BCUT2D eigenvalue weighted by Crippen LogP contribution is 2.42. The van der Waals surface area contributed by atoms with Crippen LogP contribution in [-0.2, 0) is 0 Å². The smallest absolute Gasteiger partial charge is 0.119 e. The van der Waals surface area contributed by atoms with Crippen molar-refractivity contribution < 1.29 is 5.11 Å². The van der Waals surface area contributed by atoms with Gasteiger partial charge in [0.15, 0.2) is 0 Å². The fourth-order valence-corrected chi connectivity index (χ4v) is 4.07. The van der Waals surface area contributed by atoms with E-state index < -0.39 is 0 Å². The Morgan fingerprint density at radius 3 is 1.81 bits per heavy atom. The van der Waals surface area contributed by atoms with Gasteiger partial charge < -0.3 is 15.1 Å². The van der Waals surface area contributed by atoms with Crippen LogP contribution in [0.4, 0.5) is 0 Å². The lowest BCUT2D eigenvalue weighted by molar-refractivity contribution is 0.467. The molecule has 0 radical (unpaired) electrons. The minimum atomic E-state index is -0.0714. The number of aromatic nitrogens is 2. The summed E-state index contributed by atoms with van der Waals surface area (Å²) in [5.74, 6) is 0.258. The van der Waals surface area contributed by atoms with Gasteiger partial charge in [-0.05, 0) is 41.8 Å². The van der Waals surface area contributed by atoms with E-state index in [0.29, 0.717) is 5.75 Å². The molecule has 3 nitrogen and oxygen atoms in total. The van der Waals surface area contributed by atoms with Crippen molar-refractivity contribution in [1.29, 1.82) is 0 Å². The minimum Gasteiger partial charge on any atom is -0.508 e. The van der Waals surface area contributed by atoms with Crippen LogP contribution in [-0.4, -0.2) is 15.1 Å². The molecule has 132 valence electrons. The van der Waals surface area contributed by atoms with Crippen LogP contribution in [0.2, 0.25) is 0 Å². The second kappa shape index (κ2) is 6.06. The van der Waals surface area contributed by atoms with E-state index in [9.17, 15) is 5.11 Å². The summed E-state index contributed by atoms with van der Waals surface area (Å²) in [5.41, 5.74) is 6.49. The van der Waals surface area contributed by atoms with E-state index >= 15 is 0 Å². The van der Waals surface area contributed by atoms with Crippen LogP contribution in [0.5, 0.6) is 5.75 Å². The standard InChI is InChI=1S/C24H20N2O/c1-15-10-11-18(23(27)12-15)24(19-13-25-21-8-4-2-6-16(19)21)20-14-26-22-9-5-3-7-17(20)22/h2-14,24-27H,1H3. The minimum absolute atomic E-state index is 0.0714. The zero-order valence-corrected chi connectivity index (χ0v) is 15.0. The lowest BCUT2D eigenvalue weighted by Gasteiger charge is -2.19. The van der Waals surface area contributed by atoms with Gasteiger partial charge in [-0.2, -0.15) is 0 Å². The molecule has 3 aromatic carbocycles. The molecule has 0 fully saturated rings. The number of aromatic amines is 2. The van der Waals surface area contributed by atoms with Crippen LogP contribution in [0, 0.1) is 6.92 Å². The van der Waals surface area contributed by atoms with Gasteiger partial charge in [0, 0.05) is 45.7 Å². The van der Waals surface area contributed by atoms with E-state index in [1.54, 1.807) is 0 Å². The van der Waals surface area contributed by atoms with Gasteiger partial charge in [-0.15, -0.1) is 0 Å². The Morgan fingerprint density at radius 2 is 1.26 bits per heavy atom. The largest absolute Gasteiger partial charge is 0.508 e. The normalized spacial score (nSPS) is 11.6. The second-order valence-electron chi connectivity index (χ2n) is 7.07. The number of hydrogen-bond acceptors (Lipinski definition) is 1. The maximum absolute atomic E-state index is 10.8. The molecule has 0 aliphatic heterocycles. The van der Waals surface area contributed by atoms with Gasteiger partial charge in [-0.3, -0.25) is 0 Å². The molecular weight excluding hydrogens is 332 g/mol. The molecule has 0 atom stereocenters. The molecule has 0 unspecified atom stereocenters. The highest BCUT2D eigenvalue weighted by atomic mass is 16.3. The number of nitrogens with one attached hydrogen (secondary N) is 2. The average molecular weight is 352 g/mol. The van der Waals surface area contributed by atoms with Crippen LogP contribution in [0.3, 0.4) is 0 Å². The third kappa shape index (κ3) is 2.51. The first kappa shape index (κ1) is 15.8. The van der Waals surface area contributed by atoms with Crippen molar-refractivity contribution in [1.82, 2.24) is 9.97 Å². The Labute approximate surface area is 157 Å². The number of para-hydroxylation sites is 2. The number of hydrogen-bond donors (Lipinski definition) is 3. The van der Waals surface area contributed by atoms with Crippen molar-refractivity contribution in [3.05, 3.63) is 101 Å². The molecule has 0 saturated heterocycles. The van der Waals surface area contributed by atoms with Gasteiger partial charge in [0.2, 0.25) is 0 Å². The van der Waals surface area contributed by atoms with E-state index in [1.807, 2.05) is 31.2 Å². The first-order chi connectivity index (χ1) is 13.2. The zero-order valence-electron chi connectivity index (χ0n) is 15.0. The lowest BCUT2D eigenvalue weighted by Crippen LogP contribution is -2.03. The predicted molar refractivity (Wildman–Crippen MR) is 110 cm³/mol. The van der Waals surface area contributed by atoms with Crippen LogP contribution in [0.25, 0.3) is 21.8 Å². The number of aryl methyl sites for hydroxylation is 1. The van der Waals surface area contributed by atoms with Gasteiger partial charge in [-0.25, -0.2) is 0 Å². The van der Waals surface area contributed by atoms with Crippen molar-refractivity contribution in [3.63, 3.8) is 0 Å². The summed E-state index contributed by atoms with van der Waals surface area (Å²) >= 11 is 0. The van der Waals surface area contributed by atoms with Gasteiger partial charge in [0.1, 0.15) is 5.75 Å². The van der Waals surface area contributed by atoms with Gasteiger partial charge in [-0.1, -0.05) is 48.5 Å². The topological polar surface area (TPSA) is 51.8 Å². The number of rotatable bonds is 3. The summed E-state index contributed by atoms with van der Waals surface area (Å²) in [6, 6.07) is 22.6. The summed E-state index contributed by atoms with van der Waals surface area (Å²) in [4.78, 5) is 6.77. The SMILES string of the molecule is Cc1ccc(C(c2c[nH]c3ccccc23)c2c[nH]c3ccccc23)c(O)c1. The zero-order chi connectivity index (χ0) is 18.4. The van der Waals surface area contributed by atoms with Crippen LogP contribution >= 0.6 is 0 Å². The fourth-order valence-electron chi connectivity index (χ4n) is 4.07. The molecular formula is C24H20N2O. The Balaban J connectivity index is 1.82. The Hall–Kier alpha value is -3.46. The summed E-state index contributed by atoms with van der Waals surface area (Å²) < 4.78 is 0. The fraction of sp³-hybridized carbons (Fsp3) is 0.0833. The summed E-state index contributed by atoms with van der Waals surface area (Å²) in [6.45, 7) is 2.00. The molecule has 0 aliphatic rings. The third-order valence-electron chi connectivity index (χ3n) is 5.36. The Kier molecular flexibility index (Phi) is 3.54. The van der Waals surface area contributed by atoms with Gasteiger partial charge in [0.25, 0.3) is 0 Å². The number of fused-ring (bicyclic) bond motifs is 2. The Bertz CT molecular complexity index is 1190. The monoisotopic (exact) mass is 352 g/mol. The number of aromatic hydroxyl groups is 1. The summed E-state index contributed by atoms with van der Waals surface area (Å²) in [7, 11) is 0. The molecule has 3 N–H and O–H groups in total. The molecule has 0 saturated carbocycles. The lowest BCUT2D eigenvalue weighted by atomic mass is 9.84. The molecule has 0 spiro atoms. The highest BCUT2D eigenvalue weighted by molar-refractivity contribution is 5.89. The van der Waals surface area contributed by atoms with Crippen molar-refractivity contribution in [3.8, 4) is 5.75 Å². The van der Waals surface area contributed by atoms with Crippen molar-refractivity contribution in [2.75, 3.05) is 0 Å².